The number of aromatic nitrogens is 3. The van der Waals surface area contributed by atoms with E-state index in [4.69, 9.17) is 4.42 Å². The molecular formula is C23H13N3O. The number of rotatable bonds is 1. The monoisotopic (exact) mass is 347 g/mol. The highest BCUT2D eigenvalue weighted by molar-refractivity contribution is 6.23. The minimum atomic E-state index is 0.566. The molecule has 0 bridgehead atoms. The van der Waals surface area contributed by atoms with Gasteiger partial charge in [-0.05, 0) is 28.3 Å². The Hall–Kier alpha value is -3.79. The van der Waals surface area contributed by atoms with Gasteiger partial charge in [0.15, 0.2) is 5.82 Å². The number of para-hydroxylation sites is 1. The maximum Gasteiger partial charge on any atom is 0.185 e. The number of hydrogen-bond donors (Lipinski definition) is 0. The smallest absolute Gasteiger partial charge is 0.185 e. The van der Waals surface area contributed by atoms with E-state index in [1.807, 2.05) is 12.1 Å². The summed E-state index contributed by atoms with van der Waals surface area (Å²) in [7, 11) is 0. The van der Waals surface area contributed by atoms with Crippen molar-refractivity contribution in [2.24, 2.45) is 0 Å². The summed E-state index contributed by atoms with van der Waals surface area (Å²) in [4.78, 5) is 4.35. The SMILES string of the molecule is c1ccc2c(c1)ccc1ccc3c4cccc(-c5nccnn5)c4oc3c12. The molecule has 0 unspecified atom stereocenters. The molecule has 27 heavy (non-hydrogen) atoms. The number of benzene rings is 4. The van der Waals surface area contributed by atoms with Crippen LogP contribution in [-0.2, 0) is 0 Å². The lowest BCUT2D eigenvalue weighted by Gasteiger charge is -2.04. The third-order valence-corrected chi connectivity index (χ3v) is 5.10. The fourth-order valence-corrected chi connectivity index (χ4v) is 3.89. The standard InChI is InChI=1S/C23H13N3O/c1-2-5-16-14(4-1)8-9-15-10-11-18-17-6-3-7-19(23-24-12-13-25-26-23)21(17)27-22(18)20(15)16/h1-13H. The quantitative estimate of drug-likeness (QED) is 0.356. The first-order valence-corrected chi connectivity index (χ1v) is 8.80. The molecule has 4 nitrogen and oxygen atoms in total. The Balaban J connectivity index is 1.82. The van der Waals surface area contributed by atoms with Gasteiger partial charge in [-0.2, -0.15) is 5.10 Å². The van der Waals surface area contributed by atoms with Crippen molar-refractivity contribution in [3.8, 4) is 11.4 Å². The fraction of sp³-hybridized carbons (Fsp3) is 0. The van der Waals surface area contributed by atoms with Gasteiger partial charge in [-0.15, -0.1) is 5.10 Å². The second-order valence-corrected chi connectivity index (χ2v) is 6.58. The zero-order valence-electron chi connectivity index (χ0n) is 14.3. The predicted molar refractivity (Wildman–Crippen MR) is 108 cm³/mol. The van der Waals surface area contributed by atoms with E-state index < -0.39 is 0 Å². The van der Waals surface area contributed by atoms with Crippen LogP contribution < -0.4 is 0 Å². The Bertz CT molecular complexity index is 1470. The summed E-state index contributed by atoms with van der Waals surface area (Å²) in [5, 5.41) is 15.0. The molecule has 0 saturated heterocycles. The van der Waals surface area contributed by atoms with E-state index in [1.165, 1.54) is 16.2 Å². The molecule has 0 aliphatic carbocycles. The van der Waals surface area contributed by atoms with Crippen LogP contribution in [0.5, 0.6) is 0 Å². The topological polar surface area (TPSA) is 51.8 Å². The Morgan fingerprint density at radius 3 is 2.37 bits per heavy atom. The van der Waals surface area contributed by atoms with E-state index in [1.54, 1.807) is 12.4 Å². The highest BCUT2D eigenvalue weighted by Crippen LogP contribution is 2.39. The van der Waals surface area contributed by atoms with Gasteiger partial charge in [0.1, 0.15) is 11.2 Å². The minimum absolute atomic E-state index is 0.566. The van der Waals surface area contributed by atoms with Gasteiger partial charge >= 0.3 is 0 Å². The molecule has 0 radical (unpaired) electrons. The van der Waals surface area contributed by atoms with E-state index in [-0.39, 0.29) is 0 Å². The summed E-state index contributed by atoms with van der Waals surface area (Å²) >= 11 is 0. The second kappa shape index (κ2) is 5.35. The van der Waals surface area contributed by atoms with E-state index in [2.05, 4.69) is 69.8 Å². The lowest BCUT2D eigenvalue weighted by Crippen LogP contribution is -1.90. The Labute approximate surface area is 154 Å². The van der Waals surface area contributed by atoms with Gasteiger partial charge in [0.25, 0.3) is 0 Å². The second-order valence-electron chi connectivity index (χ2n) is 6.58. The number of nitrogens with zero attached hydrogens (tertiary/aromatic N) is 3. The van der Waals surface area contributed by atoms with Crippen molar-refractivity contribution in [2.45, 2.75) is 0 Å². The van der Waals surface area contributed by atoms with Gasteiger partial charge in [0, 0.05) is 22.4 Å². The summed E-state index contributed by atoms with van der Waals surface area (Å²) in [6.45, 7) is 0. The van der Waals surface area contributed by atoms with Crippen molar-refractivity contribution in [3.05, 3.63) is 79.1 Å². The molecule has 0 aliphatic heterocycles. The first kappa shape index (κ1) is 14.4. The van der Waals surface area contributed by atoms with Crippen molar-refractivity contribution < 1.29 is 4.42 Å². The molecule has 0 aliphatic rings. The molecule has 6 rings (SSSR count). The van der Waals surface area contributed by atoms with Crippen molar-refractivity contribution in [1.29, 1.82) is 0 Å². The number of furan rings is 1. The molecule has 2 heterocycles. The Morgan fingerprint density at radius 2 is 1.44 bits per heavy atom. The summed E-state index contributed by atoms with van der Waals surface area (Å²) in [5.41, 5.74) is 2.54. The molecular weight excluding hydrogens is 334 g/mol. The van der Waals surface area contributed by atoms with Gasteiger partial charge < -0.3 is 4.42 Å². The van der Waals surface area contributed by atoms with Crippen LogP contribution in [0.3, 0.4) is 0 Å². The van der Waals surface area contributed by atoms with Gasteiger partial charge in [-0.3, -0.25) is 0 Å². The van der Waals surface area contributed by atoms with Gasteiger partial charge in [0.05, 0.1) is 11.8 Å². The van der Waals surface area contributed by atoms with Crippen LogP contribution in [-0.4, -0.2) is 15.2 Å². The third kappa shape index (κ3) is 2.01. The van der Waals surface area contributed by atoms with Crippen molar-refractivity contribution in [3.63, 3.8) is 0 Å². The average molecular weight is 347 g/mol. The molecule has 0 atom stereocenters. The average Bonchev–Trinajstić information content (AvgIpc) is 3.13. The molecule has 0 N–H and O–H groups in total. The molecule has 0 saturated carbocycles. The highest BCUT2D eigenvalue weighted by atomic mass is 16.3. The van der Waals surface area contributed by atoms with Crippen LogP contribution in [0.1, 0.15) is 0 Å². The first-order chi connectivity index (χ1) is 13.4. The molecule has 0 amide bonds. The van der Waals surface area contributed by atoms with Crippen LogP contribution in [0.15, 0.2) is 83.5 Å². The summed E-state index contributed by atoms with van der Waals surface area (Å²) in [5.74, 6) is 0.566. The van der Waals surface area contributed by atoms with Crippen LogP contribution >= 0.6 is 0 Å². The molecule has 4 aromatic carbocycles. The number of fused-ring (bicyclic) bond motifs is 7. The van der Waals surface area contributed by atoms with Crippen molar-refractivity contribution in [2.75, 3.05) is 0 Å². The molecule has 6 aromatic rings. The van der Waals surface area contributed by atoms with Gasteiger partial charge in [-0.1, -0.05) is 54.6 Å². The molecule has 0 fully saturated rings. The summed E-state index contributed by atoms with van der Waals surface area (Å²) < 4.78 is 6.45. The van der Waals surface area contributed by atoms with Crippen molar-refractivity contribution in [1.82, 2.24) is 15.2 Å². The van der Waals surface area contributed by atoms with Crippen molar-refractivity contribution >= 4 is 43.5 Å². The molecule has 2 aromatic heterocycles. The van der Waals surface area contributed by atoms with E-state index in [0.717, 1.165) is 32.9 Å². The lowest BCUT2D eigenvalue weighted by molar-refractivity contribution is 0.673. The lowest BCUT2D eigenvalue weighted by atomic mass is 9.99. The van der Waals surface area contributed by atoms with E-state index >= 15 is 0 Å². The number of hydrogen-bond acceptors (Lipinski definition) is 4. The normalized spacial score (nSPS) is 11.7. The van der Waals surface area contributed by atoms with E-state index in [9.17, 15) is 0 Å². The van der Waals surface area contributed by atoms with Crippen LogP contribution in [0.2, 0.25) is 0 Å². The third-order valence-electron chi connectivity index (χ3n) is 5.10. The van der Waals surface area contributed by atoms with Crippen LogP contribution in [0.25, 0.3) is 54.9 Å². The van der Waals surface area contributed by atoms with E-state index in [0.29, 0.717) is 5.82 Å². The Kier molecular flexibility index (Phi) is 2.85. The molecule has 0 spiro atoms. The maximum absolute atomic E-state index is 6.45. The largest absolute Gasteiger partial charge is 0.455 e. The maximum atomic E-state index is 6.45. The molecule has 126 valence electrons. The first-order valence-electron chi connectivity index (χ1n) is 8.80. The van der Waals surface area contributed by atoms with Gasteiger partial charge in [-0.25, -0.2) is 4.98 Å². The minimum Gasteiger partial charge on any atom is -0.455 e. The van der Waals surface area contributed by atoms with Gasteiger partial charge in [0.2, 0.25) is 0 Å². The summed E-state index contributed by atoms with van der Waals surface area (Å²) in [6.07, 6.45) is 3.22. The predicted octanol–water partition coefficient (Wildman–Crippen LogP) is 5.74. The zero-order valence-corrected chi connectivity index (χ0v) is 14.3. The van der Waals surface area contributed by atoms with Crippen LogP contribution in [0.4, 0.5) is 0 Å². The summed E-state index contributed by atoms with van der Waals surface area (Å²) in [6, 6.07) is 23.1. The Morgan fingerprint density at radius 1 is 0.630 bits per heavy atom. The highest BCUT2D eigenvalue weighted by Gasteiger charge is 2.16. The van der Waals surface area contributed by atoms with Crippen LogP contribution in [0, 0.1) is 0 Å². The fourth-order valence-electron chi connectivity index (χ4n) is 3.89. The zero-order chi connectivity index (χ0) is 17.8. The molecule has 4 heteroatoms.